The maximum Gasteiger partial charge on any atom is 0.316 e. The lowest BCUT2D eigenvalue weighted by molar-refractivity contribution is -0.320. The molecule has 6 heteroatoms. The third kappa shape index (κ3) is 3.06. The van der Waals surface area contributed by atoms with Gasteiger partial charge >= 0.3 is 5.96 Å². The number of guanidine groups is 2. The van der Waals surface area contributed by atoms with E-state index >= 15 is 0 Å². The molecule has 1 aromatic carbocycles. The minimum absolute atomic E-state index is 0.0123. The van der Waals surface area contributed by atoms with Gasteiger partial charge in [0.2, 0.25) is 0 Å². The lowest BCUT2D eigenvalue weighted by atomic mass is 10.3. The Morgan fingerprint density at radius 2 is 1.86 bits per heavy atom. The van der Waals surface area contributed by atoms with Gasteiger partial charge in [0.15, 0.2) is 0 Å². The predicted molar refractivity (Wildman–Crippen MR) is 59.8 cm³/mol. The zero-order valence-electron chi connectivity index (χ0n) is 7.37. The van der Waals surface area contributed by atoms with Crippen molar-refractivity contribution in [3.63, 3.8) is 0 Å². The minimum Gasteiger partial charge on any atom is -0.323 e. The van der Waals surface area contributed by atoms with Crippen LogP contribution in [0.4, 0.5) is 5.69 Å². The number of para-hydroxylation sites is 1. The molecule has 0 fully saturated rings. The molecule has 7 N–H and O–H groups in total. The van der Waals surface area contributed by atoms with Gasteiger partial charge in [0.1, 0.15) is 5.69 Å². The highest BCUT2D eigenvalue weighted by atomic mass is 79.9. The van der Waals surface area contributed by atoms with E-state index < -0.39 is 0 Å². The first-order chi connectivity index (χ1) is 6.59. The van der Waals surface area contributed by atoms with Gasteiger partial charge in [-0.15, -0.1) is 4.99 Å². The summed E-state index contributed by atoms with van der Waals surface area (Å²) in [5.41, 5.74) is 16.6. The maximum atomic E-state index is 5.51. The molecule has 0 heterocycles. The molecule has 0 radical (unpaired) electrons. The van der Waals surface area contributed by atoms with Crippen LogP contribution in [0.1, 0.15) is 0 Å². The number of nitrogens with zero attached hydrogens (tertiary/aromatic N) is 1. The molecule has 5 nitrogen and oxygen atoms in total. The highest BCUT2D eigenvalue weighted by Crippen LogP contribution is 2.23. The van der Waals surface area contributed by atoms with E-state index in [4.69, 9.17) is 17.2 Å². The van der Waals surface area contributed by atoms with Crippen LogP contribution in [0, 0.1) is 0 Å². The fourth-order valence-electron chi connectivity index (χ4n) is 0.848. The van der Waals surface area contributed by atoms with Gasteiger partial charge in [0, 0.05) is 0 Å². The van der Waals surface area contributed by atoms with Crippen molar-refractivity contribution in [1.82, 2.24) is 0 Å². The smallest absolute Gasteiger partial charge is 0.316 e. The van der Waals surface area contributed by atoms with E-state index in [1.807, 2.05) is 24.3 Å². The molecule has 0 atom stereocenters. The largest absolute Gasteiger partial charge is 0.323 e. The van der Waals surface area contributed by atoms with E-state index in [0.717, 1.165) is 4.47 Å². The Morgan fingerprint density at radius 3 is 2.43 bits per heavy atom. The number of benzene rings is 1. The zero-order valence-corrected chi connectivity index (χ0v) is 8.95. The standard InChI is InChI=1S/C8H10BrN5/c9-5-3-1-2-4-6(5)13-8(12)14-7(10)11/h1-4H,(H6,10,11,12,13,14)/p+1. The molecule has 0 bridgehead atoms. The summed E-state index contributed by atoms with van der Waals surface area (Å²) in [5, 5.41) is 0. The average Bonchev–Trinajstić information content (AvgIpc) is 2.07. The van der Waals surface area contributed by atoms with Crippen LogP contribution in [0.15, 0.2) is 33.7 Å². The quantitative estimate of drug-likeness (QED) is 0.373. The monoisotopic (exact) mass is 256 g/mol. The number of hydrogen-bond donors (Lipinski definition) is 4. The van der Waals surface area contributed by atoms with Crippen LogP contribution >= 0.6 is 15.9 Å². The Hall–Kier alpha value is -1.56. The highest BCUT2D eigenvalue weighted by molar-refractivity contribution is 9.10. The van der Waals surface area contributed by atoms with Crippen molar-refractivity contribution < 1.29 is 4.99 Å². The fraction of sp³-hybridized carbons (Fsp3) is 0. The molecule has 0 aliphatic heterocycles. The molecule has 0 aliphatic rings. The second-order valence-corrected chi connectivity index (χ2v) is 3.38. The summed E-state index contributed by atoms with van der Waals surface area (Å²) >= 11 is 3.33. The van der Waals surface area contributed by atoms with Crippen LogP contribution < -0.4 is 22.2 Å². The number of halogens is 1. The molecule has 0 saturated carbocycles. The number of aliphatic imine (C=N–C) groups is 1. The normalized spacial score (nSPS) is 11.1. The molecule has 1 aromatic rings. The van der Waals surface area contributed by atoms with Gasteiger partial charge in [-0.3, -0.25) is 0 Å². The van der Waals surface area contributed by atoms with Gasteiger partial charge in [-0.2, -0.15) is 0 Å². The van der Waals surface area contributed by atoms with E-state index in [0.29, 0.717) is 5.69 Å². The molecule has 1 rings (SSSR count). The van der Waals surface area contributed by atoms with E-state index in [1.54, 1.807) is 0 Å². The van der Waals surface area contributed by atoms with Gasteiger partial charge in [-0.05, 0) is 28.1 Å². The molecule has 74 valence electrons. The van der Waals surface area contributed by atoms with Gasteiger partial charge < -0.3 is 17.2 Å². The fourth-order valence-corrected chi connectivity index (χ4v) is 1.22. The summed E-state index contributed by atoms with van der Waals surface area (Å²) in [6, 6.07) is 7.41. The number of nitrogens with one attached hydrogen (secondary N) is 1. The number of rotatable bonds is 1. The first-order valence-electron chi connectivity index (χ1n) is 3.83. The van der Waals surface area contributed by atoms with Crippen molar-refractivity contribution in [3.8, 4) is 0 Å². The third-order valence-corrected chi connectivity index (χ3v) is 2.04. The molecular weight excluding hydrogens is 246 g/mol. The minimum atomic E-state index is 0.0123. The Morgan fingerprint density at radius 1 is 1.21 bits per heavy atom. The lowest BCUT2D eigenvalue weighted by Gasteiger charge is -1.94. The van der Waals surface area contributed by atoms with E-state index in [9.17, 15) is 0 Å². The summed E-state index contributed by atoms with van der Waals surface area (Å²) in [4.78, 5) is 6.55. The van der Waals surface area contributed by atoms with E-state index in [2.05, 4.69) is 25.9 Å². The first-order valence-corrected chi connectivity index (χ1v) is 4.62. The van der Waals surface area contributed by atoms with Crippen molar-refractivity contribution in [2.24, 2.45) is 22.2 Å². The summed E-state index contributed by atoms with van der Waals surface area (Å²) < 4.78 is 0.848. The molecule has 0 saturated heterocycles. The molecule has 0 amide bonds. The average molecular weight is 257 g/mol. The summed E-state index contributed by atoms with van der Waals surface area (Å²) in [6.07, 6.45) is 0. The van der Waals surface area contributed by atoms with E-state index in [-0.39, 0.29) is 11.9 Å². The zero-order chi connectivity index (χ0) is 10.6. The van der Waals surface area contributed by atoms with Gasteiger partial charge in [-0.25, -0.2) is 4.99 Å². The molecule has 0 spiro atoms. The topological polar surface area (TPSA) is 104 Å². The van der Waals surface area contributed by atoms with Crippen LogP contribution in [0.5, 0.6) is 0 Å². The van der Waals surface area contributed by atoms with Crippen LogP contribution in [0.25, 0.3) is 0 Å². The van der Waals surface area contributed by atoms with Crippen LogP contribution in [-0.4, -0.2) is 11.9 Å². The van der Waals surface area contributed by atoms with Crippen LogP contribution in [-0.2, 0) is 0 Å². The highest BCUT2D eigenvalue weighted by Gasteiger charge is 2.00. The Labute approximate surface area is 89.8 Å². The summed E-state index contributed by atoms with van der Waals surface area (Å²) in [5.74, 6) is 0.162. The first kappa shape index (κ1) is 10.5. The Balaban J connectivity index is 2.98. The third-order valence-electron chi connectivity index (χ3n) is 1.37. The Kier molecular flexibility index (Phi) is 3.47. The molecule has 0 unspecified atom stereocenters. The lowest BCUT2D eigenvalue weighted by Crippen LogP contribution is -2.84. The van der Waals surface area contributed by atoms with Crippen molar-refractivity contribution in [2.75, 3.05) is 0 Å². The Bertz CT molecular complexity index is 381. The SMILES string of the molecule is NC(=Nc1ccccc1Br)[NH+]=C(N)N. The molecule has 0 aliphatic carbocycles. The number of hydrogen-bond acceptors (Lipinski definition) is 1. The molecule has 14 heavy (non-hydrogen) atoms. The second kappa shape index (κ2) is 4.61. The molecule has 0 aromatic heterocycles. The van der Waals surface area contributed by atoms with Crippen LogP contribution in [0.3, 0.4) is 0 Å². The van der Waals surface area contributed by atoms with Crippen LogP contribution in [0.2, 0.25) is 0 Å². The number of nitrogens with two attached hydrogens (primary N) is 3. The van der Waals surface area contributed by atoms with E-state index in [1.165, 1.54) is 0 Å². The summed E-state index contributed by atoms with van der Waals surface area (Å²) in [6.45, 7) is 0. The maximum absolute atomic E-state index is 5.51. The predicted octanol–water partition coefficient (Wildman–Crippen LogP) is -1.25. The van der Waals surface area contributed by atoms with Crippen molar-refractivity contribution >= 4 is 33.5 Å². The van der Waals surface area contributed by atoms with Crippen molar-refractivity contribution in [1.29, 1.82) is 0 Å². The van der Waals surface area contributed by atoms with Crippen molar-refractivity contribution in [3.05, 3.63) is 28.7 Å². The van der Waals surface area contributed by atoms with Gasteiger partial charge in [0.25, 0.3) is 5.96 Å². The van der Waals surface area contributed by atoms with Gasteiger partial charge in [-0.1, -0.05) is 12.1 Å². The molecular formula is C8H11BrN5+. The van der Waals surface area contributed by atoms with Crippen molar-refractivity contribution in [2.45, 2.75) is 0 Å². The summed E-state index contributed by atoms with van der Waals surface area (Å²) in [7, 11) is 0. The van der Waals surface area contributed by atoms with Gasteiger partial charge in [0.05, 0.1) is 4.47 Å². The second-order valence-electron chi connectivity index (χ2n) is 2.53.